The van der Waals surface area contributed by atoms with E-state index in [1.165, 1.54) is 0 Å². The van der Waals surface area contributed by atoms with E-state index in [9.17, 15) is 4.79 Å². The molecule has 0 saturated heterocycles. The molecule has 2 N–H and O–H groups in total. The number of amides is 1. The van der Waals surface area contributed by atoms with E-state index in [4.69, 9.17) is 5.73 Å². The summed E-state index contributed by atoms with van der Waals surface area (Å²) in [4.78, 5) is 14.7. The summed E-state index contributed by atoms with van der Waals surface area (Å²) in [5.41, 5.74) is 9.00. The minimum Gasteiger partial charge on any atom is -0.330 e. The van der Waals surface area contributed by atoms with E-state index in [-0.39, 0.29) is 5.91 Å². The molecule has 0 fully saturated rings. The van der Waals surface area contributed by atoms with Gasteiger partial charge in [0, 0.05) is 25.5 Å². The fourth-order valence-electron chi connectivity index (χ4n) is 2.40. The first-order valence-corrected chi connectivity index (χ1v) is 7.12. The number of nitrogens with two attached hydrogens (primary N) is 1. The number of aromatic nitrogens is 2. The topological polar surface area (TPSA) is 64.2 Å². The highest BCUT2D eigenvalue weighted by molar-refractivity contribution is 6.07. The number of aryl methyl sites for hydroxylation is 3. The van der Waals surface area contributed by atoms with Gasteiger partial charge in [-0.1, -0.05) is 18.2 Å². The Morgan fingerprint density at radius 2 is 2.05 bits per heavy atom. The maximum atomic E-state index is 12.9. The lowest BCUT2D eigenvalue weighted by Gasteiger charge is -2.24. The van der Waals surface area contributed by atoms with Crippen LogP contribution >= 0.6 is 0 Å². The van der Waals surface area contributed by atoms with Gasteiger partial charge in [-0.2, -0.15) is 5.10 Å². The zero-order valence-corrected chi connectivity index (χ0v) is 12.8. The molecule has 5 heteroatoms. The molecule has 0 aliphatic heterocycles. The van der Waals surface area contributed by atoms with Crippen LogP contribution in [-0.4, -0.2) is 28.8 Å². The third kappa shape index (κ3) is 3.31. The largest absolute Gasteiger partial charge is 0.330 e. The molecule has 1 heterocycles. The molecule has 2 rings (SSSR count). The van der Waals surface area contributed by atoms with Crippen molar-refractivity contribution in [3.63, 3.8) is 0 Å². The number of carbonyl (C=O) groups excluding carboxylic acids is 1. The summed E-state index contributed by atoms with van der Waals surface area (Å²) in [6.07, 6.45) is 2.53. The first-order chi connectivity index (χ1) is 10.0. The standard InChI is InChI=1S/C16H22N4O/c1-12-7-4-5-8-15(12)20(10-6-9-17)16(21)14-11-19(3)18-13(14)2/h4-5,7-8,11H,6,9-10,17H2,1-3H3. The van der Waals surface area contributed by atoms with Gasteiger partial charge < -0.3 is 10.6 Å². The lowest BCUT2D eigenvalue weighted by atomic mass is 10.1. The maximum Gasteiger partial charge on any atom is 0.261 e. The summed E-state index contributed by atoms with van der Waals surface area (Å²) < 4.78 is 1.67. The lowest BCUT2D eigenvalue weighted by molar-refractivity contribution is 0.0986. The first-order valence-electron chi connectivity index (χ1n) is 7.12. The Balaban J connectivity index is 2.38. The van der Waals surface area contributed by atoms with Crippen LogP contribution in [0.5, 0.6) is 0 Å². The summed E-state index contributed by atoms with van der Waals surface area (Å²) in [6.45, 7) is 5.02. The highest BCUT2D eigenvalue weighted by Crippen LogP contribution is 2.22. The molecule has 0 saturated carbocycles. The van der Waals surface area contributed by atoms with Crippen molar-refractivity contribution in [2.24, 2.45) is 12.8 Å². The fourth-order valence-corrected chi connectivity index (χ4v) is 2.40. The van der Waals surface area contributed by atoms with Gasteiger partial charge in [0.15, 0.2) is 0 Å². The van der Waals surface area contributed by atoms with E-state index in [0.717, 1.165) is 23.4 Å². The van der Waals surface area contributed by atoms with Crippen LogP contribution in [0.1, 0.15) is 28.0 Å². The van der Waals surface area contributed by atoms with Crippen molar-refractivity contribution in [1.29, 1.82) is 0 Å². The SMILES string of the molecule is Cc1ccccc1N(CCCN)C(=O)c1cn(C)nc1C. The summed E-state index contributed by atoms with van der Waals surface area (Å²) in [7, 11) is 1.82. The van der Waals surface area contributed by atoms with Gasteiger partial charge in [-0.25, -0.2) is 0 Å². The Labute approximate surface area is 125 Å². The third-order valence-electron chi connectivity index (χ3n) is 3.48. The summed E-state index contributed by atoms with van der Waals surface area (Å²) in [6, 6.07) is 7.89. The molecule has 1 aromatic carbocycles. The molecule has 21 heavy (non-hydrogen) atoms. The van der Waals surface area contributed by atoms with Gasteiger partial charge in [0.2, 0.25) is 0 Å². The number of rotatable bonds is 5. The van der Waals surface area contributed by atoms with Crippen LogP contribution in [0.25, 0.3) is 0 Å². The van der Waals surface area contributed by atoms with E-state index in [1.807, 2.05) is 45.2 Å². The van der Waals surface area contributed by atoms with Crippen LogP contribution in [0.4, 0.5) is 5.69 Å². The van der Waals surface area contributed by atoms with Crippen LogP contribution in [-0.2, 0) is 7.05 Å². The number of nitrogens with zero attached hydrogens (tertiary/aromatic N) is 3. The molecule has 1 aromatic heterocycles. The maximum absolute atomic E-state index is 12.9. The molecule has 0 bridgehead atoms. The predicted octanol–water partition coefficient (Wildman–Crippen LogP) is 2.03. The normalized spacial score (nSPS) is 10.7. The highest BCUT2D eigenvalue weighted by Gasteiger charge is 2.22. The molecule has 0 aliphatic rings. The van der Waals surface area contributed by atoms with Crippen molar-refractivity contribution in [2.45, 2.75) is 20.3 Å². The summed E-state index contributed by atoms with van der Waals surface area (Å²) >= 11 is 0. The average molecular weight is 286 g/mol. The molecule has 0 aliphatic carbocycles. The number of para-hydroxylation sites is 1. The second kappa shape index (κ2) is 6.54. The minimum absolute atomic E-state index is 0.0247. The van der Waals surface area contributed by atoms with E-state index < -0.39 is 0 Å². The fraction of sp³-hybridized carbons (Fsp3) is 0.375. The molecule has 2 aromatic rings. The lowest BCUT2D eigenvalue weighted by Crippen LogP contribution is -2.33. The van der Waals surface area contributed by atoms with Gasteiger partial charge in [-0.15, -0.1) is 0 Å². The number of hydrogen-bond acceptors (Lipinski definition) is 3. The smallest absolute Gasteiger partial charge is 0.261 e. The Morgan fingerprint density at radius 1 is 1.33 bits per heavy atom. The van der Waals surface area contributed by atoms with Gasteiger partial charge in [0.25, 0.3) is 5.91 Å². The van der Waals surface area contributed by atoms with Crippen molar-refractivity contribution >= 4 is 11.6 Å². The Kier molecular flexibility index (Phi) is 4.75. The van der Waals surface area contributed by atoms with Gasteiger partial charge in [0.05, 0.1) is 11.3 Å². The van der Waals surface area contributed by atoms with Gasteiger partial charge >= 0.3 is 0 Å². The molecule has 5 nitrogen and oxygen atoms in total. The van der Waals surface area contributed by atoms with Gasteiger partial charge in [-0.05, 0) is 38.4 Å². The second-order valence-electron chi connectivity index (χ2n) is 5.19. The molecule has 0 atom stereocenters. The van der Waals surface area contributed by atoms with Crippen LogP contribution in [0.3, 0.4) is 0 Å². The van der Waals surface area contributed by atoms with Crippen LogP contribution in [0.15, 0.2) is 30.5 Å². The molecule has 1 amide bonds. The average Bonchev–Trinajstić information content (AvgIpc) is 2.79. The minimum atomic E-state index is -0.0247. The van der Waals surface area contributed by atoms with Crippen molar-refractivity contribution < 1.29 is 4.79 Å². The number of anilines is 1. The third-order valence-corrected chi connectivity index (χ3v) is 3.48. The Morgan fingerprint density at radius 3 is 2.62 bits per heavy atom. The number of benzene rings is 1. The van der Waals surface area contributed by atoms with Crippen LogP contribution in [0, 0.1) is 13.8 Å². The Bertz CT molecular complexity index is 633. The number of carbonyl (C=O) groups is 1. The molecular weight excluding hydrogens is 264 g/mol. The van der Waals surface area contributed by atoms with E-state index >= 15 is 0 Å². The first kappa shape index (κ1) is 15.3. The monoisotopic (exact) mass is 286 g/mol. The van der Waals surface area contributed by atoms with Gasteiger partial charge in [0.1, 0.15) is 0 Å². The van der Waals surface area contributed by atoms with Crippen molar-refractivity contribution in [2.75, 3.05) is 18.0 Å². The van der Waals surface area contributed by atoms with E-state index in [0.29, 0.717) is 18.7 Å². The van der Waals surface area contributed by atoms with Crippen LogP contribution < -0.4 is 10.6 Å². The quantitative estimate of drug-likeness (QED) is 0.914. The Hall–Kier alpha value is -2.14. The molecule has 0 spiro atoms. The van der Waals surface area contributed by atoms with E-state index in [2.05, 4.69) is 5.10 Å². The highest BCUT2D eigenvalue weighted by atomic mass is 16.2. The predicted molar refractivity (Wildman–Crippen MR) is 84.5 cm³/mol. The summed E-state index contributed by atoms with van der Waals surface area (Å²) in [5.74, 6) is -0.0247. The molecule has 0 unspecified atom stereocenters. The van der Waals surface area contributed by atoms with Crippen molar-refractivity contribution in [1.82, 2.24) is 9.78 Å². The van der Waals surface area contributed by atoms with E-state index in [1.54, 1.807) is 15.8 Å². The van der Waals surface area contributed by atoms with Crippen molar-refractivity contribution in [3.8, 4) is 0 Å². The van der Waals surface area contributed by atoms with Crippen LogP contribution in [0.2, 0.25) is 0 Å². The summed E-state index contributed by atoms with van der Waals surface area (Å²) in [5, 5.41) is 4.26. The molecular formula is C16H22N4O. The zero-order chi connectivity index (χ0) is 15.4. The van der Waals surface area contributed by atoms with Gasteiger partial charge in [-0.3, -0.25) is 9.48 Å². The molecule has 0 radical (unpaired) electrons. The molecule has 112 valence electrons. The van der Waals surface area contributed by atoms with Crippen molar-refractivity contribution in [3.05, 3.63) is 47.3 Å². The number of hydrogen-bond donors (Lipinski definition) is 1. The second-order valence-corrected chi connectivity index (χ2v) is 5.19. The zero-order valence-electron chi connectivity index (χ0n) is 12.8.